The van der Waals surface area contributed by atoms with Gasteiger partial charge in [-0.15, -0.1) is 0 Å². The Bertz CT molecular complexity index is 1000. The zero-order chi connectivity index (χ0) is 21.1. The average Bonchev–Trinajstić information content (AvgIpc) is 3.13. The van der Waals surface area contributed by atoms with Gasteiger partial charge in [0.05, 0.1) is 7.11 Å². The predicted octanol–water partition coefficient (Wildman–Crippen LogP) is 5.62. The topological polar surface area (TPSA) is 34.5 Å². The van der Waals surface area contributed by atoms with Gasteiger partial charge in [0.1, 0.15) is 5.75 Å². The number of hydrogen-bond acceptors (Lipinski definition) is 3. The van der Waals surface area contributed by atoms with Crippen LogP contribution < -0.4 is 4.74 Å². The molecule has 1 saturated heterocycles. The molecular weight excluding hydrogens is 372 g/mol. The molecule has 0 bridgehead atoms. The number of aromatic nitrogens is 1. The van der Waals surface area contributed by atoms with E-state index in [2.05, 4.69) is 42.2 Å². The molecule has 0 aliphatic carbocycles. The number of methoxy groups -OCH3 is 1. The number of likely N-dealkylation sites (tertiary alicyclic amines) is 1. The molecule has 0 N–H and O–H groups in total. The lowest BCUT2D eigenvalue weighted by molar-refractivity contribution is 0.0953. The summed E-state index contributed by atoms with van der Waals surface area (Å²) in [5, 5.41) is 0.994. The summed E-state index contributed by atoms with van der Waals surface area (Å²) in [6.07, 6.45) is 5.92. The summed E-state index contributed by atoms with van der Waals surface area (Å²) in [4.78, 5) is 15.6. The van der Waals surface area contributed by atoms with E-state index < -0.39 is 0 Å². The lowest BCUT2D eigenvalue weighted by Gasteiger charge is -2.36. The minimum atomic E-state index is 0.244. The second kappa shape index (κ2) is 9.05. The molecule has 1 fully saturated rings. The van der Waals surface area contributed by atoms with Gasteiger partial charge in [-0.05, 0) is 69.0 Å². The van der Waals surface area contributed by atoms with E-state index in [4.69, 9.17) is 4.74 Å². The monoisotopic (exact) mass is 404 g/mol. The largest absolute Gasteiger partial charge is 0.497 e. The van der Waals surface area contributed by atoms with Gasteiger partial charge in [0, 0.05) is 42.2 Å². The van der Waals surface area contributed by atoms with Crippen LogP contribution in [0.2, 0.25) is 0 Å². The zero-order valence-corrected chi connectivity index (χ0v) is 18.3. The Labute approximate surface area is 179 Å². The van der Waals surface area contributed by atoms with E-state index in [1.54, 1.807) is 7.11 Å². The number of hydrogen-bond donors (Lipinski definition) is 0. The molecule has 0 radical (unpaired) electrons. The zero-order valence-electron chi connectivity index (χ0n) is 18.3. The number of ether oxygens (including phenoxy) is 1. The quantitative estimate of drug-likeness (QED) is 0.479. The van der Waals surface area contributed by atoms with Crippen molar-refractivity contribution in [2.75, 3.05) is 20.2 Å². The molecule has 2 aromatic carbocycles. The number of rotatable bonds is 7. The molecular formula is C26H32N2O2. The number of piperidine rings is 1. The Kier molecular flexibility index (Phi) is 6.24. The first-order valence-corrected chi connectivity index (χ1v) is 11.0. The molecule has 1 aliphatic rings. The van der Waals surface area contributed by atoms with Crippen molar-refractivity contribution in [1.82, 2.24) is 9.47 Å². The summed E-state index contributed by atoms with van der Waals surface area (Å²) in [7, 11) is 3.66. The standard InChI is InChI=1S/C26H32N2O2/c1-19(21-7-5-4-6-8-21)28-15-13-20(14-16-28)9-12-26(29)24-18-27(2)25-11-10-22(30-3)17-23(24)25/h4-8,10-11,17-20H,9,12-16H2,1-3H3. The average molecular weight is 405 g/mol. The van der Waals surface area contributed by atoms with Gasteiger partial charge in [0.25, 0.3) is 0 Å². The van der Waals surface area contributed by atoms with Crippen molar-refractivity contribution in [3.8, 4) is 5.75 Å². The van der Waals surface area contributed by atoms with E-state index >= 15 is 0 Å². The van der Waals surface area contributed by atoms with Gasteiger partial charge < -0.3 is 9.30 Å². The summed E-state index contributed by atoms with van der Waals surface area (Å²) >= 11 is 0. The Morgan fingerprint density at radius 2 is 1.87 bits per heavy atom. The molecule has 0 spiro atoms. The number of carbonyl (C=O) groups is 1. The Morgan fingerprint density at radius 1 is 1.13 bits per heavy atom. The summed E-state index contributed by atoms with van der Waals surface area (Å²) in [5.74, 6) is 1.68. The molecule has 0 amide bonds. The van der Waals surface area contributed by atoms with E-state index in [9.17, 15) is 4.79 Å². The Morgan fingerprint density at radius 3 is 2.57 bits per heavy atom. The number of benzene rings is 2. The van der Waals surface area contributed by atoms with Gasteiger partial charge >= 0.3 is 0 Å². The van der Waals surface area contributed by atoms with E-state index in [-0.39, 0.29) is 5.78 Å². The molecule has 1 aliphatic heterocycles. The van der Waals surface area contributed by atoms with Gasteiger partial charge in [-0.2, -0.15) is 0 Å². The van der Waals surface area contributed by atoms with E-state index in [0.717, 1.165) is 41.7 Å². The molecule has 4 rings (SSSR count). The van der Waals surface area contributed by atoms with Gasteiger partial charge in [0.2, 0.25) is 0 Å². The molecule has 3 aromatic rings. The van der Waals surface area contributed by atoms with Crippen LogP contribution in [0.3, 0.4) is 0 Å². The van der Waals surface area contributed by atoms with Crippen LogP contribution in [0, 0.1) is 5.92 Å². The third-order valence-corrected chi connectivity index (χ3v) is 6.76. The Balaban J connectivity index is 1.34. The van der Waals surface area contributed by atoms with Gasteiger partial charge in [-0.1, -0.05) is 30.3 Å². The Hall–Kier alpha value is -2.59. The maximum absolute atomic E-state index is 13.0. The molecule has 30 heavy (non-hydrogen) atoms. The van der Waals surface area contributed by atoms with Crippen molar-refractivity contribution in [3.05, 3.63) is 65.9 Å². The fraction of sp³-hybridized carbons (Fsp3) is 0.423. The van der Waals surface area contributed by atoms with E-state index in [1.165, 1.54) is 18.4 Å². The highest BCUT2D eigenvalue weighted by Crippen LogP contribution is 2.30. The second-order valence-corrected chi connectivity index (χ2v) is 8.56. The predicted molar refractivity (Wildman–Crippen MR) is 122 cm³/mol. The van der Waals surface area contributed by atoms with Crippen molar-refractivity contribution >= 4 is 16.7 Å². The van der Waals surface area contributed by atoms with Crippen LogP contribution in [0.1, 0.15) is 54.6 Å². The maximum atomic E-state index is 13.0. The summed E-state index contributed by atoms with van der Waals surface area (Å²) < 4.78 is 7.39. The van der Waals surface area contributed by atoms with Gasteiger partial charge in [0.15, 0.2) is 5.78 Å². The normalized spacial score (nSPS) is 16.6. The van der Waals surface area contributed by atoms with E-state index in [1.807, 2.05) is 36.0 Å². The number of nitrogens with zero attached hydrogens (tertiary/aromatic N) is 2. The van der Waals surface area contributed by atoms with Crippen LogP contribution in [0.5, 0.6) is 5.75 Å². The molecule has 0 saturated carbocycles. The summed E-state index contributed by atoms with van der Waals surface area (Å²) in [6, 6.07) is 17.1. The first-order chi connectivity index (χ1) is 14.6. The van der Waals surface area contributed by atoms with Crippen LogP contribution in [-0.2, 0) is 7.05 Å². The van der Waals surface area contributed by atoms with Crippen LogP contribution in [0.25, 0.3) is 10.9 Å². The molecule has 4 heteroatoms. The molecule has 1 atom stereocenters. The molecule has 158 valence electrons. The molecule has 1 unspecified atom stereocenters. The fourth-order valence-corrected chi connectivity index (χ4v) is 4.76. The van der Waals surface area contributed by atoms with Crippen molar-refractivity contribution in [3.63, 3.8) is 0 Å². The number of fused-ring (bicyclic) bond motifs is 1. The summed E-state index contributed by atoms with van der Waals surface area (Å²) in [5.41, 5.74) is 3.28. The highest BCUT2D eigenvalue weighted by atomic mass is 16.5. The second-order valence-electron chi connectivity index (χ2n) is 8.56. The van der Waals surface area contributed by atoms with Crippen LogP contribution in [0.15, 0.2) is 54.7 Å². The number of ketones is 1. The minimum absolute atomic E-state index is 0.244. The van der Waals surface area contributed by atoms with Crippen LogP contribution in [-0.4, -0.2) is 35.4 Å². The number of aryl methyl sites for hydroxylation is 1. The lowest BCUT2D eigenvalue weighted by atomic mass is 9.89. The highest BCUT2D eigenvalue weighted by Gasteiger charge is 2.24. The minimum Gasteiger partial charge on any atom is -0.497 e. The maximum Gasteiger partial charge on any atom is 0.165 e. The molecule has 2 heterocycles. The smallest absolute Gasteiger partial charge is 0.165 e. The van der Waals surface area contributed by atoms with Crippen LogP contribution in [0.4, 0.5) is 0 Å². The van der Waals surface area contributed by atoms with Crippen molar-refractivity contribution in [1.29, 1.82) is 0 Å². The molecule has 1 aromatic heterocycles. The summed E-state index contributed by atoms with van der Waals surface area (Å²) in [6.45, 7) is 4.52. The lowest BCUT2D eigenvalue weighted by Crippen LogP contribution is -2.35. The first kappa shape index (κ1) is 20.7. The highest BCUT2D eigenvalue weighted by molar-refractivity contribution is 6.08. The van der Waals surface area contributed by atoms with Crippen molar-refractivity contribution < 1.29 is 9.53 Å². The number of Topliss-reactive ketones (excluding diaryl/α,β-unsaturated/α-hetero) is 1. The van der Waals surface area contributed by atoms with Gasteiger partial charge in [-0.3, -0.25) is 9.69 Å². The van der Waals surface area contributed by atoms with Crippen LogP contribution >= 0.6 is 0 Å². The SMILES string of the molecule is COc1ccc2c(c1)c(C(=O)CCC1CCN(C(C)c3ccccc3)CC1)cn2C. The van der Waals surface area contributed by atoms with Crippen molar-refractivity contribution in [2.24, 2.45) is 13.0 Å². The van der Waals surface area contributed by atoms with E-state index in [0.29, 0.717) is 18.4 Å². The van der Waals surface area contributed by atoms with Crippen molar-refractivity contribution in [2.45, 2.75) is 38.6 Å². The molecule has 4 nitrogen and oxygen atoms in total. The third kappa shape index (κ3) is 4.29. The van der Waals surface area contributed by atoms with Gasteiger partial charge in [-0.25, -0.2) is 0 Å². The fourth-order valence-electron chi connectivity index (χ4n) is 4.76. The third-order valence-electron chi connectivity index (χ3n) is 6.76. The number of carbonyl (C=O) groups excluding carboxylic acids is 1. The first-order valence-electron chi connectivity index (χ1n) is 11.0.